The zero-order chi connectivity index (χ0) is 39.6. The van der Waals surface area contributed by atoms with Crippen LogP contribution in [-0.2, 0) is 5.41 Å². The van der Waals surface area contributed by atoms with Crippen LogP contribution in [0.3, 0.4) is 0 Å². The lowest BCUT2D eigenvalue weighted by atomic mass is 9.65. The van der Waals surface area contributed by atoms with E-state index in [0.29, 0.717) is 5.82 Å². The second-order valence-corrected chi connectivity index (χ2v) is 16.0. The Morgan fingerprint density at radius 2 is 1.25 bits per heavy atom. The molecule has 0 saturated carbocycles. The maximum atomic E-state index is 6.91. The molecule has 2 aromatic heterocycles. The number of pyridine rings is 1. The minimum absolute atomic E-state index is 0.121. The lowest BCUT2D eigenvalue weighted by molar-refractivity contribution is 0.436. The van der Waals surface area contributed by atoms with Crippen molar-refractivity contribution in [1.82, 2.24) is 19.9 Å². The van der Waals surface area contributed by atoms with Crippen LogP contribution in [0, 0.1) is 0 Å². The molecule has 12 rings (SSSR count). The van der Waals surface area contributed by atoms with E-state index in [0.717, 1.165) is 97.7 Å². The van der Waals surface area contributed by atoms with Crippen molar-refractivity contribution < 1.29 is 4.74 Å². The highest BCUT2D eigenvalue weighted by Crippen LogP contribution is 2.62. The summed E-state index contributed by atoms with van der Waals surface area (Å²) in [4.78, 5) is 19.6. The molecule has 8 aromatic rings. The zero-order valence-electron chi connectivity index (χ0n) is 32.8. The molecule has 284 valence electrons. The fourth-order valence-electron chi connectivity index (χ4n) is 9.82. The maximum absolute atomic E-state index is 6.91. The van der Waals surface area contributed by atoms with Gasteiger partial charge in [0.25, 0.3) is 0 Å². The monoisotopic (exact) mass is 770 g/mol. The van der Waals surface area contributed by atoms with Crippen LogP contribution < -0.4 is 4.74 Å². The van der Waals surface area contributed by atoms with Crippen molar-refractivity contribution in [2.45, 2.75) is 30.6 Å². The predicted octanol–water partition coefficient (Wildman–Crippen LogP) is 13.2. The van der Waals surface area contributed by atoms with Gasteiger partial charge in [-0.3, -0.25) is 4.98 Å². The van der Waals surface area contributed by atoms with Crippen LogP contribution in [0.5, 0.6) is 11.5 Å². The molecule has 1 unspecified atom stereocenters. The first-order chi connectivity index (χ1) is 29.7. The summed E-state index contributed by atoms with van der Waals surface area (Å²) in [5, 5.41) is 2.29. The first-order valence-corrected chi connectivity index (χ1v) is 20.8. The Morgan fingerprint density at radius 3 is 2.00 bits per heavy atom. The van der Waals surface area contributed by atoms with Crippen LogP contribution in [0.15, 0.2) is 188 Å². The average molecular weight is 771 g/mol. The molecule has 1 atom stereocenters. The summed E-state index contributed by atoms with van der Waals surface area (Å²) in [5.74, 6) is 4.13. The van der Waals surface area contributed by atoms with Crippen LogP contribution in [0.25, 0.3) is 61.1 Å². The van der Waals surface area contributed by atoms with Crippen molar-refractivity contribution in [1.29, 1.82) is 0 Å². The normalized spacial score (nSPS) is 16.5. The van der Waals surface area contributed by atoms with Crippen molar-refractivity contribution in [3.8, 4) is 56.3 Å². The zero-order valence-corrected chi connectivity index (χ0v) is 32.8. The smallest absolute Gasteiger partial charge is 0.163 e. The Bertz CT molecular complexity index is 3120. The number of ether oxygens (including phenoxy) is 1. The molecule has 1 spiro atoms. The predicted molar refractivity (Wildman–Crippen MR) is 241 cm³/mol. The number of benzene rings is 6. The van der Waals surface area contributed by atoms with Gasteiger partial charge in [-0.15, -0.1) is 0 Å². The van der Waals surface area contributed by atoms with E-state index in [1.54, 1.807) is 0 Å². The lowest BCUT2D eigenvalue weighted by Gasteiger charge is -2.40. The fourth-order valence-corrected chi connectivity index (χ4v) is 9.82. The molecule has 0 saturated heterocycles. The van der Waals surface area contributed by atoms with Gasteiger partial charge in [-0.05, 0) is 105 Å². The van der Waals surface area contributed by atoms with E-state index >= 15 is 0 Å². The Morgan fingerprint density at radius 1 is 0.550 bits per heavy atom. The number of rotatable bonds is 5. The van der Waals surface area contributed by atoms with Crippen molar-refractivity contribution >= 4 is 16.3 Å². The van der Waals surface area contributed by atoms with E-state index in [1.165, 1.54) is 22.3 Å². The molecule has 60 heavy (non-hydrogen) atoms. The van der Waals surface area contributed by atoms with Crippen LogP contribution >= 0.6 is 0 Å². The largest absolute Gasteiger partial charge is 0.457 e. The third-order valence-corrected chi connectivity index (χ3v) is 12.7. The number of allylic oxidation sites excluding steroid dienone is 8. The van der Waals surface area contributed by atoms with Gasteiger partial charge in [0.05, 0.1) is 5.41 Å². The van der Waals surface area contributed by atoms with E-state index in [-0.39, 0.29) is 5.92 Å². The van der Waals surface area contributed by atoms with Gasteiger partial charge in [0.1, 0.15) is 17.3 Å². The van der Waals surface area contributed by atoms with Crippen LogP contribution in [0.4, 0.5) is 0 Å². The van der Waals surface area contributed by atoms with Gasteiger partial charge < -0.3 is 4.74 Å². The van der Waals surface area contributed by atoms with Crippen LogP contribution in [-0.4, -0.2) is 19.9 Å². The Hall–Kier alpha value is -7.50. The molecule has 0 N–H and O–H groups in total. The SMILES string of the molecule is C1=CCCC(c2nc(-c3ccc(-c4ccc5c(c4)C4(c6cc(-c7cccc8ccncc78)ccc6O5)c5ccccc5-c5ccccc54)cc3)nc(C3C=CC=CC3)n2)=C1. The van der Waals surface area contributed by atoms with Crippen molar-refractivity contribution in [2.24, 2.45) is 0 Å². The number of nitrogens with zero attached hydrogens (tertiary/aromatic N) is 4. The van der Waals surface area contributed by atoms with Crippen molar-refractivity contribution in [3.63, 3.8) is 0 Å². The van der Waals surface area contributed by atoms with E-state index < -0.39 is 5.41 Å². The summed E-state index contributed by atoms with van der Waals surface area (Å²) < 4.78 is 6.91. The third kappa shape index (κ3) is 5.39. The second-order valence-electron chi connectivity index (χ2n) is 16.0. The van der Waals surface area contributed by atoms with E-state index in [9.17, 15) is 0 Å². The molecule has 6 aromatic carbocycles. The van der Waals surface area contributed by atoms with Gasteiger partial charge in [-0.25, -0.2) is 15.0 Å². The summed E-state index contributed by atoms with van der Waals surface area (Å²) in [6.07, 6.45) is 21.6. The number of hydrogen-bond acceptors (Lipinski definition) is 5. The molecule has 0 fully saturated rings. The Labute approximate surface area is 348 Å². The van der Waals surface area contributed by atoms with E-state index in [1.807, 2.05) is 12.4 Å². The van der Waals surface area contributed by atoms with Crippen molar-refractivity contribution in [3.05, 3.63) is 222 Å². The summed E-state index contributed by atoms with van der Waals surface area (Å²) in [6.45, 7) is 0. The highest BCUT2D eigenvalue weighted by molar-refractivity contribution is 5.97. The number of hydrogen-bond donors (Lipinski definition) is 0. The molecular formula is C55H38N4O. The molecule has 3 aliphatic carbocycles. The lowest BCUT2D eigenvalue weighted by Crippen LogP contribution is -2.32. The quantitative estimate of drug-likeness (QED) is 0.174. The van der Waals surface area contributed by atoms with Gasteiger partial charge >= 0.3 is 0 Å². The molecule has 4 aliphatic rings. The molecule has 0 amide bonds. The Balaban J connectivity index is 1.01. The third-order valence-electron chi connectivity index (χ3n) is 12.7. The highest BCUT2D eigenvalue weighted by atomic mass is 16.5. The standard InChI is InChI=1S/C55H38N4O/c1-3-12-37(13-4-1)52-57-53(38-14-5-2-6-15-38)59-54(58-52)39-24-22-35(23-25-39)40-26-28-50-48(32-40)55(46-20-9-7-17-43(46)44-18-8-10-21-47(44)55)49-33-41(27-29-51(49)60-50)42-19-11-16-36-30-31-56-34-45(36)42/h1-5,7-12,14,16-34,37H,6,13,15H2. The number of aromatic nitrogens is 4. The summed E-state index contributed by atoms with van der Waals surface area (Å²) in [7, 11) is 0. The first kappa shape index (κ1) is 34.5. The maximum Gasteiger partial charge on any atom is 0.163 e. The van der Waals surface area contributed by atoms with Gasteiger partial charge in [0.15, 0.2) is 11.6 Å². The second kappa shape index (κ2) is 13.8. The molecular weight excluding hydrogens is 733 g/mol. The Kier molecular flexibility index (Phi) is 7.95. The van der Waals surface area contributed by atoms with Gasteiger partial charge in [-0.2, -0.15) is 0 Å². The topological polar surface area (TPSA) is 60.8 Å². The summed E-state index contributed by atoms with van der Waals surface area (Å²) in [5.41, 5.74) is 13.3. The average Bonchev–Trinajstić information content (AvgIpc) is 3.62. The minimum Gasteiger partial charge on any atom is -0.457 e. The van der Waals surface area contributed by atoms with Crippen LogP contribution in [0.1, 0.15) is 59.1 Å². The van der Waals surface area contributed by atoms with Gasteiger partial charge in [0, 0.05) is 40.4 Å². The molecule has 1 aliphatic heterocycles. The molecule has 5 heteroatoms. The molecule has 3 heterocycles. The summed E-state index contributed by atoms with van der Waals surface area (Å²) >= 11 is 0. The summed E-state index contributed by atoms with van der Waals surface area (Å²) in [6, 6.07) is 48.4. The van der Waals surface area contributed by atoms with Crippen LogP contribution in [0.2, 0.25) is 0 Å². The molecule has 5 nitrogen and oxygen atoms in total. The van der Waals surface area contributed by atoms with Crippen molar-refractivity contribution in [2.75, 3.05) is 0 Å². The van der Waals surface area contributed by atoms with Gasteiger partial charge in [-0.1, -0.05) is 146 Å². The fraction of sp³-hybridized carbons (Fsp3) is 0.0909. The molecule has 0 bridgehead atoms. The van der Waals surface area contributed by atoms with E-state index in [2.05, 4.69) is 181 Å². The number of fused-ring (bicyclic) bond motifs is 10. The molecule has 0 radical (unpaired) electrons. The first-order valence-electron chi connectivity index (χ1n) is 20.8. The van der Waals surface area contributed by atoms with Gasteiger partial charge in [0.2, 0.25) is 0 Å². The highest BCUT2D eigenvalue weighted by Gasteiger charge is 2.51. The minimum atomic E-state index is -0.617. The van der Waals surface area contributed by atoms with E-state index in [4.69, 9.17) is 19.7 Å².